The fourth-order valence-electron chi connectivity index (χ4n) is 2.88. The van der Waals surface area contributed by atoms with Gasteiger partial charge in [0.2, 0.25) is 5.91 Å². The summed E-state index contributed by atoms with van der Waals surface area (Å²) in [4.78, 5) is 37.5. The summed E-state index contributed by atoms with van der Waals surface area (Å²) in [5.74, 6) is 4.14. The molecular formula is C11H16N4O7S. The van der Waals surface area contributed by atoms with E-state index in [1.54, 1.807) is 0 Å². The van der Waals surface area contributed by atoms with Gasteiger partial charge in [-0.3, -0.25) is 14.1 Å². The highest BCUT2D eigenvalue weighted by Gasteiger charge is 2.51. The molecule has 11 nitrogen and oxygen atoms in total. The van der Waals surface area contributed by atoms with Crippen LogP contribution in [0, 0.1) is 5.92 Å². The first-order chi connectivity index (χ1) is 10.7. The summed E-state index contributed by atoms with van der Waals surface area (Å²) in [7, 11) is -4.85. The Morgan fingerprint density at radius 2 is 1.87 bits per heavy atom. The summed E-state index contributed by atoms with van der Waals surface area (Å²) in [6.07, 6.45) is 1.86. The van der Waals surface area contributed by atoms with E-state index in [4.69, 9.17) is 10.4 Å². The van der Waals surface area contributed by atoms with E-state index in [0.717, 1.165) is 4.90 Å². The van der Waals surface area contributed by atoms with E-state index >= 15 is 0 Å². The topological polar surface area (TPSA) is 151 Å². The minimum Gasteiger partial charge on any atom is -0.309 e. The first kappa shape index (κ1) is 16.1. The van der Waals surface area contributed by atoms with E-state index in [1.807, 2.05) is 0 Å². The predicted octanol–water partition coefficient (Wildman–Crippen LogP) is -1.37. The summed E-state index contributed by atoms with van der Waals surface area (Å²) < 4.78 is 34.6. The average Bonchev–Trinajstić information content (AvgIpc) is 3.30. The maximum atomic E-state index is 12.4. The monoisotopic (exact) mass is 348 g/mol. The number of imide groups is 1. The molecule has 0 unspecified atom stereocenters. The molecule has 2 bridgehead atoms. The molecule has 3 rings (SSSR count). The molecule has 2 heterocycles. The van der Waals surface area contributed by atoms with Crippen molar-refractivity contribution in [2.45, 2.75) is 37.8 Å². The molecular weight excluding hydrogens is 332 g/mol. The number of carbonyl (C=O) groups excluding carboxylic acids is 3. The van der Waals surface area contributed by atoms with Gasteiger partial charge in [-0.05, 0) is 25.7 Å². The standard InChI is InChI=1S/C11H16N4O7S/c12-14(9(16)6-1-2-6)10(17)8-4-3-7-5-13(8)11(18)15(7)22-23(19,20)21/h6-8H,1-5,12H2,(H,19,20,21)/t7-,8+/m1/s1. The van der Waals surface area contributed by atoms with Crippen molar-refractivity contribution in [1.29, 1.82) is 0 Å². The molecule has 128 valence electrons. The van der Waals surface area contributed by atoms with Crippen LogP contribution in [0.25, 0.3) is 0 Å². The second-order valence-corrected chi connectivity index (χ2v) is 6.84. The van der Waals surface area contributed by atoms with Crippen LogP contribution in [-0.2, 0) is 24.3 Å². The number of nitrogens with zero attached hydrogens (tertiary/aromatic N) is 3. The van der Waals surface area contributed by atoms with E-state index in [1.165, 1.54) is 0 Å². The van der Waals surface area contributed by atoms with Crippen LogP contribution < -0.4 is 5.84 Å². The smallest absolute Gasteiger partial charge is 0.309 e. The predicted molar refractivity (Wildman–Crippen MR) is 72.1 cm³/mol. The highest BCUT2D eigenvalue weighted by Crippen LogP contribution is 2.33. The summed E-state index contributed by atoms with van der Waals surface area (Å²) >= 11 is 0. The molecule has 2 saturated heterocycles. The van der Waals surface area contributed by atoms with Crippen LogP contribution >= 0.6 is 0 Å². The van der Waals surface area contributed by atoms with Crippen LogP contribution in [0.3, 0.4) is 0 Å². The Morgan fingerprint density at radius 1 is 1.22 bits per heavy atom. The molecule has 0 spiro atoms. The first-order valence-electron chi connectivity index (χ1n) is 7.08. The third-order valence-electron chi connectivity index (χ3n) is 4.18. The van der Waals surface area contributed by atoms with Crippen molar-refractivity contribution in [2.24, 2.45) is 11.8 Å². The minimum atomic E-state index is -4.85. The van der Waals surface area contributed by atoms with Gasteiger partial charge in [-0.1, -0.05) is 0 Å². The van der Waals surface area contributed by atoms with Gasteiger partial charge in [0.25, 0.3) is 5.91 Å². The van der Waals surface area contributed by atoms with Gasteiger partial charge in [0, 0.05) is 12.5 Å². The lowest BCUT2D eigenvalue weighted by atomic mass is 10.00. The lowest BCUT2D eigenvalue weighted by molar-refractivity contribution is -0.149. The third-order valence-corrected chi connectivity index (χ3v) is 4.53. The highest BCUT2D eigenvalue weighted by atomic mass is 32.3. The number of nitrogens with two attached hydrogens (primary N) is 1. The molecule has 2 aliphatic heterocycles. The Labute approximate surface area is 131 Å². The van der Waals surface area contributed by atoms with Gasteiger partial charge in [-0.25, -0.2) is 15.6 Å². The van der Waals surface area contributed by atoms with Crippen LogP contribution in [0.1, 0.15) is 25.7 Å². The summed E-state index contributed by atoms with van der Waals surface area (Å²) in [6.45, 7) is 0.0518. The Hall–Kier alpha value is -1.76. The van der Waals surface area contributed by atoms with E-state index in [9.17, 15) is 22.8 Å². The maximum Gasteiger partial charge on any atom is 0.418 e. The minimum absolute atomic E-state index is 0.0518. The Bertz CT molecular complexity index is 661. The Morgan fingerprint density at radius 3 is 2.43 bits per heavy atom. The Kier molecular flexibility index (Phi) is 3.78. The number of hydrogen-bond acceptors (Lipinski definition) is 7. The quantitative estimate of drug-likeness (QED) is 0.208. The van der Waals surface area contributed by atoms with Gasteiger partial charge in [0.15, 0.2) is 0 Å². The molecule has 2 atom stereocenters. The van der Waals surface area contributed by atoms with Crippen molar-refractivity contribution in [3.8, 4) is 0 Å². The second kappa shape index (κ2) is 5.40. The van der Waals surface area contributed by atoms with Crippen LogP contribution in [0.5, 0.6) is 0 Å². The van der Waals surface area contributed by atoms with Crippen molar-refractivity contribution in [3.05, 3.63) is 0 Å². The molecule has 0 radical (unpaired) electrons. The zero-order valence-corrected chi connectivity index (χ0v) is 12.8. The largest absolute Gasteiger partial charge is 0.418 e. The molecule has 3 fully saturated rings. The zero-order valence-electron chi connectivity index (χ0n) is 12.0. The number of rotatable bonds is 4. The molecule has 1 saturated carbocycles. The van der Waals surface area contributed by atoms with E-state index in [-0.39, 0.29) is 25.3 Å². The number of hydroxylamine groups is 2. The first-order valence-corrected chi connectivity index (χ1v) is 8.45. The van der Waals surface area contributed by atoms with Gasteiger partial charge < -0.3 is 4.90 Å². The molecule has 0 aromatic heterocycles. The molecule has 12 heteroatoms. The van der Waals surface area contributed by atoms with Gasteiger partial charge in [0.1, 0.15) is 6.04 Å². The van der Waals surface area contributed by atoms with Crippen LogP contribution in [-0.4, -0.2) is 64.4 Å². The lowest BCUT2D eigenvalue weighted by Crippen LogP contribution is -2.55. The SMILES string of the molecule is NN(C(=O)C1CC1)C(=O)[C@@H]1CC[C@@H]2CN1C(=O)N2OS(=O)(=O)O. The number of piperidine rings is 1. The van der Waals surface area contributed by atoms with Crippen molar-refractivity contribution < 1.29 is 31.6 Å². The van der Waals surface area contributed by atoms with E-state index < -0.39 is 40.3 Å². The summed E-state index contributed by atoms with van der Waals surface area (Å²) in [5, 5.41) is 1.08. The number of carbonyl (C=O) groups is 3. The molecule has 3 N–H and O–H groups in total. The average molecular weight is 348 g/mol. The van der Waals surface area contributed by atoms with Crippen molar-refractivity contribution >= 4 is 28.2 Å². The van der Waals surface area contributed by atoms with Gasteiger partial charge in [0.05, 0.1) is 6.04 Å². The van der Waals surface area contributed by atoms with Gasteiger partial charge in [-0.2, -0.15) is 13.5 Å². The molecule has 0 aromatic carbocycles. The second-order valence-electron chi connectivity index (χ2n) is 5.83. The maximum absolute atomic E-state index is 12.4. The van der Waals surface area contributed by atoms with Crippen LogP contribution in [0.15, 0.2) is 0 Å². The normalized spacial score (nSPS) is 27.3. The fourth-order valence-corrected chi connectivity index (χ4v) is 3.27. The molecule has 3 aliphatic rings. The lowest BCUT2D eigenvalue weighted by Gasteiger charge is -2.31. The Balaban J connectivity index is 1.73. The molecule has 4 amide bonds. The summed E-state index contributed by atoms with van der Waals surface area (Å²) in [5.41, 5.74) is 0. The van der Waals surface area contributed by atoms with Gasteiger partial charge >= 0.3 is 16.4 Å². The molecule has 23 heavy (non-hydrogen) atoms. The van der Waals surface area contributed by atoms with E-state index in [0.29, 0.717) is 22.9 Å². The third kappa shape index (κ3) is 3.02. The summed E-state index contributed by atoms with van der Waals surface area (Å²) in [6, 6.07) is -2.42. The van der Waals surface area contributed by atoms with E-state index in [2.05, 4.69) is 4.28 Å². The molecule has 1 aliphatic carbocycles. The van der Waals surface area contributed by atoms with Crippen LogP contribution in [0.4, 0.5) is 4.79 Å². The number of amides is 4. The van der Waals surface area contributed by atoms with Crippen molar-refractivity contribution in [3.63, 3.8) is 0 Å². The molecule has 0 aromatic rings. The zero-order chi connectivity index (χ0) is 16.9. The van der Waals surface area contributed by atoms with Gasteiger partial charge in [-0.15, -0.1) is 4.28 Å². The number of urea groups is 1. The number of fused-ring (bicyclic) bond motifs is 2. The fraction of sp³-hybridized carbons (Fsp3) is 0.727. The number of hydrazine groups is 1. The highest BCUT2D eigenvalue weighted by molar-refractivity contribution is 7.80. The number of hydrogen-bond donors (Lipinski definition) is 2. The van der Waals surface area contributed by atoms with Crippen molar-refractivity contribution in [2.75, 3.05) is 6.54 Å². The van der Waals surface area contributed by atoms with Crippen molar-refractivity contribution in [1.82, 2.24) is 15.0 Å². The van der Waals surface area contributed by atoms with Crippen LogP contribution in [0.2, 0.25) is 0 Å².